The Morgan fingerprint density at radius 1 is 1.04 bits per heavy atom. The molecular weight excluding hydrogens is 316 g/mol. The Morgan fingerprint density at radius 2 is 1.75 bits per heavy atom. The first kappa shape index (κ1) is 15.3. The van der Waals surface area contributed by atoms with Crippen molar-refractivity contribution in [3.8, 4) is 0 Å². The lowest BCUT2D eigenvalue weighted by Crippen LogP contribution is -2.34. The predicted octanol–water partition coefficient (Wildman–Crippen LogP) is 5.02. The summed E-state index contributed by atoms with van der Waals surface area (Å²) in [5.74, 6) is 0.385. The van der Waals surface area contributed by atoms with Gasteiger partial charge in [-0.15, -0.1) is 0 Å². The average molecular weight is 336 g/mol. The maximum atomic E-state index is 13.1. The van der Waals surface area contributed by atoms with Crippen LogP contribution in [0.1, 0.15) is 31.2 Å². The number of benzene rings is 2. The van der Waals surface area contributed by atoms with Crippen LogP contribution in [0.25, 0.3) is 10.2 Å². The SMILES string of the molecule is O=C(C1CCCC1)N(Cc1ccccc1)c1nc2ccccc2s1. The van der Waals surface area contributed by atoms with Crippen molar-refractivity contribution < 1.29 is 4.79 Å². The van der Waals surface area contributed by atoms with Crippen LogP contribution in [0.3, 0.4) is 0 Å². The Bertz CT molecular complexity index is 804. The third kappa shape index (κ3) is 3.06. The number of para-hydroxylation sites is 1. The molecule has 1 fully saturated rings. The molecule has 0 N–H and O–H groups in total. The average Bonchev–Trinajstić information content (AvgIpc) is 3.29. The molecule has 0 atom stereocenters. The fraction of sp³-hybridized carbons (Fsp3) is 0.300. The normalized spacial score (nSPS) is 15.0. The molecule has 0 radical (unpaired) electrons. The van der Waals surface area contributed by atoms with E-state index in [1.807, 2.05) is 41.3 Å². The maximum Gasteiger partial charge on any atom is 0.232 e. The molecule has 0 spiro atoms. The van der Waals surface area contributed by atoms with Gasteiger partial charge in [0.15, 0.2) is 5.13 Å². The third-order valence-corrected chi connectivity index (χ3v) is 5.73. The van der Waals surface area contributed by atoms with Gasteiger partial charge in [-0.25, -0.2) is 4.98 Å². The van der Waals surface area contributed by atoms with Crippen LogP contribution < -0.4 is 4.90 Å². The van der Waals surface area contributed by atoms with Crippen LogP contribution in [0, 0.1) is 5.92 Å². The number of rotatable bonds is 4. The van der Waals surface area contributed by atoms with Crippen molar-refractivity contribution in [1.82, 2.24) is 4.98 Å². The summed E-state index contributed by atoms with van der Waals surface area (Å²) < 4.78 is 1.13. The molecule has 1 aromatic heterocycles. The lowest BCUT2D eigenvalue weighted by molar-refractivity contribution is -0.122. The molecule has 1 amide bonds. The van der Waals surface area contributed by atoms with Crippen molar-refractivity contribution in [2.45, 2.75) is 32.2 Å². The van der Waals surface area contributed by atoms with Gasteiger partial charge in [0.2, 0.25) is 5.91 Å². The lowest BCUT2D eigenvalue weighted by Gasteiger charge is -2.23. The second-order valence-corrected chi connectivity index (χ2v) is 7.36. The Morgan fingerprint density at radius 3 is 2.50 bits per heavy atom. The standard InChI is InChI=1S/C20H20N2OS/c23-19(16-10-4-5-11-16)22(14-15-8-2-1-3-9-15)20-21-17-12-6-7-13-18(17)24-20/h1-3,6-9,12-13,16H,4-5,10-11,14H2. The van der Waals surface area contributed by atoms with Gasteiger partial charge in [0.1, 0.15) is 0 Å². The number of anilines is 1. The molecule has 0 saturated heterocycles. The molecule has 3 aromatic rings. The Labute approximate surface area is 146 Å². The smallest absolute Gasteiger partial charge is 0.232 e. The number of carbonyl (C=O) groups is 1. The molecule has 1 saturated carbocycles. The predicted molar refractivity (Wildman–Crippen MR) is 99.2 cm³/mol. The van der Waals surface area contributed by atoms with E-state index in [-0.39, 0.29) is 11.8 Å². The topological polar surface area (TPSA) is 33.2 Å². The first-order valence-electron chi connectivity index (χ1n) is 8.52. The van der Waals surface area contributed by atoms with Crippen molar-refractivity contribution in [1.29, 1.82) is 0 Å². The summed E-state index contributed by atoms with van der Waals surface area (Å²) in [6.45, 7) is 0.593. The number of hydrogen-bond acceptors (Lipinski definition) is 3. The summed E-state index contributed by atoms with van der Waals surface area (Å²) in [6, 6.07) is 18.3. The van der Waals surface area contributed by atoms with Gasteiger partial charge in [0.25, 0.3) is 0 Å². The highest BCUT2D eigenvalue weighted by atomic mass is 32.1. The zero-order valence-corrected chi connectivity index (χ0v) is 14.3. The van der Waals surface area contributed by atoms with E-state index in [1.165, 1.54) is 0 Å². The molecular formula is C20H20N2OS. The molecule has 24 heavy (non-hydrogen) atoms. The van der Waals surface area contributed by atoms with Crippen LogP contribution in [0.4, 0.5) is 5.13 Å². The van der Waals surface area contributed by atoms with E-state index in [4.69, 9.17) is 4.98 Å². The highest BCUT2D eigenvalue weighted by Crippen LogP contribution is 2.33. The van der Waals surface area contributed by atoms with E-state index in [9.17, 15) is 4.79 Å². The van der Waals surface area contributed by atoms with Crippen molar-refractivity contribution >= 4 is 32.6 Å². The summed E-state index contributed by atoms with van der Waals surface area (Å²) in [5.41, 5.74) is 2.11. The van der Waals surface area contributed by atoms with Crippen LogP contribution in [0.15, 0.2) is 54.6 Å². The van der Waals surface area contributed by atoms with Gasteiger partial charge < -0.3 is 0 Å². The minimum atomic E-state index is 0.153. The first-order valence-corrected chi connectivity index (χ1v) is 9.34. The second-order valence-electron chi connectivity index (χ2n) is 6.36. The molecule has 0 unspecified atom stereocenters. The summed E-state index contributed by atoms with van der Waals surface area (Å²) in [5, 5.41) is 0.817. The van der Waals surface area contributed by atoms with Crippen LogP contribution in [0.2, 0.25) is 0 Å². The zero-order valence-electron chi connectivity index (χ0n) is 13.5. The number of hydrogen-bond donors (Lipinski definition) is 0. The van der Waals surface area contributed by atoms with Gasteiger partial charge in [-0.2, -0.15) is 0 Å². The van der Waals surface area contributed by atoms with E-state index in [0.717, 1.165) is 46.6 Å². The second kappa shape index (κ2) is 6.73. The Balaban J connectivity index is 1.69. The summed E-state index contributed by atoms with van der Waals surface area (Å²) >= 11 is 1.61. The quantitative estimate of drug-likeness (QED) is 0.670. The Kier molecular flexibility index (Phi) is 4.30. The maximum absolute atomic E-state index is 13.1. The van der Waals surface area contributed by atoms with Crippen molar-refractivity contribution in [3.05, 3.63) is 60.2 Å². The number of thiazole rings is 1. The molecule has 1 aliphatic rings. The van der Waals surface area contributed by atoms with Gasteiger partial charge in [0, 0.05) is 5.92 Å². The molecule has 1 heterocycles. The van der Waals surface area contributed by atoms with E-state index in [0.29, 0.717) is 6.54 Å². The van der Waals surface area contributed by atoms with Crippen LogP contribution in [-0.2, 0) is 11.3 Å². The van der Waals surface area contributed by atoms with E-state index in [2.05, 4.69) is 18.2 Å². The molecule has 4 heteroatoms. The Hall–Kier alpha value is -2.20. The van der Waals surface area contributed by atoms with Crippen LogP contribution >= 0.6 is 11.3 Å². The number of nitrogens with zero attached hydrogens (tertiary/aromatic N) is 2. The van der Waals surface area contributed by atoms with Gasteiger partial charge in [-0.3, -0.25) is 9.69 Å². The fourth-order valence-corrected chi connectivity index (χ4v) is 4.34. The molecule has 0 bridgehead atoms. The number of fused-ring (bicyclic) bond motifs is 1. The van der Waals surface area contributed by atoms with Gasteiger partial charge >= 0.3 is 0 Å². The van der Waals surface area contributed by atoms with E-state index < -0.39 is 0 Å². The third-order valence-electron chi connectivity index (χ3n) is 4.67. The summed E-state index contributed by atoms with van der Waals surface area (Å²) in [6.07, 6.45) is 4.34. The molecule has 4 rings (SSSR count). The molecule has 122 valence electrons. The number of carbonyl (C=O) groups excluding carboxylic acids is 1. The van der Waals surface area contributed by atoms with Gasteiger partial charge in [0.05, 0.1) is 16.8 Å². The molecule has 0 aliphatic heterocycles. The van der Waals surface area contributed by atoms with Crippen LogP contribution in [0.5, 0.6) is 0 Å². The van der Waals surface area contributed by atoms with E-state index >= 15 is 0 Å². The molecule has 2 aromatic carbocycles. The number of aromatic nitrogens is 1. The minimum Gasteiger partial charge on any atom is -0.283 e. The van der Waals surface area contributed by atoms with Crippen LogP contribution in [-0.4, -0.2) is 10.9 Å². The highest BCUT2D eigenvalue weighted by Gasteiger charge is 2.29. The van der Waals surface area contributed by atoms with Crippen molar-refractivity contribution in [2.24, 2.45) is 5.92 Å². The summed E-state index contributed by atoms with van der Waals surface area (Å²) in [7, 11) is 0. The lowest BCUT2D eigenvalue weighted by atomic mass is 10.1. The van der Waals surface area contributed by atoms with E-state index in [1.54, 1.807) is 11.3 Å². The van der Waals surface area contributed by atoms with Crippen molar-refractivity contribution in [2.75, 3.05) is 4.90 Å². The van der Waals surface area contributed by atoms with Gasteiger partial charge in [-0.05, 0) is 30.5 Å². The largest absolute Gasteiger partial charge is 0.283 e. The number of amides is 1. The fourth-order valence-electron chi connectivity index (χ4n) is 3.37. The highest BCUT2D eigenvalue weighted by molar-refractivity contribution is 7.22. The zero-order chi connectivity index (χ0) is 16.4. The van der Waals surface area contributed by atoms with Gasteiger partial charge in [-0.1, -0.05) is 66.6 Å². The van der Waals surface area contributed by atoms with Crippen molar-refractivity contribution in [3.63, 3.8) is 0 Å². The minimum absolute atomic E-state index is 0.153. The molecule has 3 nitrogen and oxygen atoms in total. The monoisotopic (exact) mass is 336 g/mol. The summed E-state index contributed by atoms with van der Waals surface area (Å²) in [4.78, 5) is 19.7. The first-order chi connectivity index (χ1) is 11.8. The molecule has 1 aliphatic carbocycles.